The number of benzene rings is 1. The number of ether oxygens (including phenoxy) is 1. The molecule has 1 aromatic carbocycles. The van der Waals surface area contributed by atoms with Crippen LogP contribution >= 0.6 is 0 Å². The van der Waals surface area contributed by atoms with E-state index in [1.807, 2.05) is 25.1 Å². The van der Waals surface area contributed by atoms with Gasteiger partial charge >= 0.3 is 0 Å². The minimum atomic E-state index is 0.448. The predicted molar refractivity (Wildman–Crippen MR) is 85.7 cm³/mol. The Morgan fingerprint density at radius 2 is 2.00 bits per heavy atom. The second-order valence-corrected chi connectivity index (χ2v) is 5.56. The van der Waals surface area contributed by atoms with Gasteiger partial charge in [0.15, 0.2) is 0 Å². The van der Waals surface area contributed by atoms with Gasteiger partial charge in [-0.15, -0.1) is 0 Å². The van der Waals surface area contributed by atoms with Crippen LogP contribution in [0.3, 0.4) is 0 Å². The second kappa shape index (κ2) is 7.32. The topological polar surface area (TPSA) is 34.4 Å². The van der Waals surface area contributed by atoms with Gasteiger partial charge in [0.1, 0.15) is 23.9 Å². The Labute approximate surface area is 127 Å². The van der Waals surface area contributed by atoms with Crippen LogP contribution in [0.2, 0.25) is 0 Å². The lowest BCUT2D eigenvalue weighted by atomic mass is 10.0. The Hall–Kier alpha value is -1.74. The first kappa shape index (κ1) is 15.6. The van der Waals surface area contributed by atoms with E-state index in [1.54, 1.807) is 0 Å². The van der Waals surface area contributed by atoms with Crippen LogP contribution < -0.4 is 10.1 Å². The lowest BCUT2D eigenvalue weighted by molar-refractivity contribution is 0.264. The molecule has 2 rings (SSSR count). The normalized spacial score (nSPS) is 11.1. The van der Waals surface area contributed by atoms with Crippen molar-refractivity contribution in [2.45, 2.75) is 46.8 Å². The van der Waals surface area contributed by atoms with Crippen molar-refractivity contribution in [1.82, 2.24) is 5.32 Å². The van der Waals surface area contributed by atoms with Crippen molar-refractivity contribution >= 4 is 0 Å². The Balaban J connectivity index is 2.03. The molecule has 2 aromatic rings. The van der Waals surface area contributed by atoms with E-state index in [1.165, 1.54) is 11.1 Å². The van der Waals surface area contributed by atoms with E-state index in [4.69, 9.17) is 9.15 Å². The van der Waals surface area contributed by atoms with Crippen LogP contribution in [0, 0.1) is 6.92 Å². The molecule has 1 N–H and O–H groups in total. The van der Waals surface area contributed by atoms with Crippen molar-refractivity contribution in [2.24, 2.45) is 0 Å². The number of aryl methyl sites for hydroxylation is 1. The molecule has 0 saturated heterocycles. The molecule has 21 heavy (non-hydrogen) atoms. The van der Waals surface area contributed by atoms with Gasteiger partial charge in [0.05, 0.1) is 0 Å². The van der Waals surface area contributed by atoms with Crippen molar-refractivity contribution in [3.8, 4) is 5.75 Å². The number of hydrogen-bond donors (Lipinski definition) is 1. The molecule has 1 aromatic heterocycles. The van der Waals surface area contributed by atoms with E-state index >= 15 is 0 Å². The summed E-state index contributed by atoms with van der Waals surface area (Å²) in [5.74, 6) is 3.23. The predicted octanol–water partition coefficient (Wildman–Crippen LogP) is 4.40. The number of para-hydroxylation sites is 1. The zero-order valence-corrected chi connectivity index (χ0v) is 13.4. The van der Waals surface area contributed by atoms with E-state index < -0.39 is 0 Å². The van der Waals surface area contributed by atoms with Crippen LogP contribution in [0.5, 0.6) is 5.75 Å². The summed E-state index contributed by atoms with van der Waals surface area (Å²) in [5, 5.41) is 3.32. The number of hydrogen-bond acceptors (Lipinski definition) is 3. The summed E-state index contributed by atoms with van der Waals surface area (Å²) in [5.41, 5.74) is 2.43. The Kier molecular flexibility index (Phi) is 5.45. The highest BCUT2D eigenvalue weighted by atomic mass is 16.5. The summed E-state index contributed by atoms with van der Waals surface area (Å²) >= 11 is 0. The van der Waals surface area contributed by atoms with Crippen LogP contribution in [0.25, 0.3) is 0 Å². The van der Waals surface area contributed by atoms with Crippen LogP contribution in [-0.4, -0.2) is 6.54 Å². The zero-order chi connectivity index (χ0) is 15.2. The molecule has 3 heteroatoms. The monoisotopic (exact) mass is 287 g/mol. The molecule has 0 unspecified atom stereocenters. The highest BCUT2D eigenvalue weighted by Crippen LogP contribution is 2.27. The molecular formula is C18H25NO2. The summed E-state index contributed by atoms with van der Waals surface area (Å²) in [7, 11) is 0. The fourth-order valence-electron chi connectivity index (χ4n) is 2.33. The molecule has 0 saturated carbocycles. The maximum atomic E-state index is 5.94. The third-order valence-electron chi connectivity index (χ3n) is 3.55. The molecule has 0 aliphatic heterocycles. The fourth-order valence-corrected chi connectivity index (χ4v) is 2.33. The Morgan fingerprint density at radius 3 is 2.71 bits per heavy atom. The van der Waals surface area contributed by atoms with Gasteiger partial charge in [0.25, 0.3) is 0 Å². The van der Waals surface area contributed by atoms with E-state index in [2.05, 4.69) is 38.2 Å². The van der Waals surface area contributed by atoms with Crippen LogP contribution in [0.4, 0.5) is 0 Å². The molecule has 0 bridgehead atoms. The van der Waals surface area contributed by atoms with Gasteiger partial charge < -0.3 is 14.5 Å². The van der Waals surface area contributed by atoms with Crippen LogP contribution in [-0.2, 0) is 13.2 Å². The van der Waals surface area contributed by atoms with Gasteiger partial charge in [-0.25, -0.2) is 0 Å². The van der Waals surface area contributed by atoms with Gasteiger partial charge in [-0.1, -0.05) is 39.0 Å². The summed E-state index contributed by atoms with van der Waals surface area (Å²) in [6, 6.07) is 10.3. The molecule has 0 amide bonds. The van der Waals surface area contributed by atoms with Crippen molar-refractivity contribution in [2.75, 3.05) is 6.54 Å². The molecule has 1 heterocycles. The molecule has 0 atom stereocenters. The first-order valence-electron chi connectivity index (χ1n) is 7.62. The lowest BCUT2D eigenvalue weighted by Gasteiger charge is -2.12. The third kappa shape index (κ3) is 4.11. The van der Waals surface area contributed by atoms with E-state index in [9.17, 15) is 0 Å². The molecule has 0 aliphatic carbocycles. The van der Waals surface area contributed by atoms with Gasteiger partial charge in [-0.3, -0.25) is 0 Å². The molecule has 0 spiro atoms. The van der Waals surface area contributed by atoms with Gasteiger partial charge in [-0.05, 0) is 37.1 Å². The molecular weight excluding hydrogens is 262 g/mol. The van der Waals surface area contributed by atoms with E-state index in [0.29, 0.717) is 12.5 Å². The quantitative estimate of drug-likeness (QED) is 0.819. The first-order valence-corrected chi connectivity index (χ1v) is 7.62. The first-order chi connectivity index (χ1) is 10.1. The maximum absolute atomic E-state index is 5.94. The lowest BCUT2D eigenvalue weighted by Crippen LogP contribution is -2.11. The molecule has 0 fully saturated rings. The maximum Gasteiger partial charge on any atom is 0.146 e. The minimum Gasteiger partial charge on any atom is -0.485 e. The zero-order valence-electron chi connectivity index (χ0n) is 13.4. The molecule has 114 valence electrons. The number of nitrogens with one attached hydrogen (secondary N) is 1. The fraction of sp³-hybridized carbons (Fsp3) is 0.444. The summed E-state index contributed by atoms with van der Waals surface area (Å²) < 4.78 is 11.7. The SMILES string of the molecule is CCNCc1cc(COc2ccccc2C(C)C)oc1C. The Morgan fingerprint density at radius 1 is 1.24 bits per heavy atom. The second-order valence-electron chi connectivity index (χ2n) is 5.56. The number of furan rings is 1. The smallest absolute Gasteiger partial charge is 0.146 e. The highest BCUT2D eigenvalue weighted by Gasteiger charge is 2.10. The average Bonchev–Trinajstić information content (AvgIpc) is 2.83. The molecule has 0 aliphatic rings. The van der Waals surface area contributed by atoms with Gasteiger partial charge in [0, 0.05) is 12.1 Å². The van der Waals surface area contributed by atoms with Crippen molar-refractivity contribution in [3.63, 3.8) is 0 Å². The summed E-state index contributed by atoms with van der Waals surface area (Å²) in [6.07, 6.45) is 0. The van der Waals surface area contributed by atoms with Gasteiger partial charge in [-0.2, -0.15) is 0 Å². The van der Waals surface area contributed by atoms with Crippen LogP contribution in [0.1, 0.15) is 49.3 Å². The molecule has 3 nitrogen and oxygen atoms in total. The highest BCUT2D eigenvalue weighted by molar-refractivity contribution is 5.35. The molecule has 0 radical (unpaired) electrons. The van der Waals surface area contributed by atoms with E-state index in [-0.39, 0.29) is 0 Å². The minimum absolute atomic E-state index is 0.448. The largest absolute Gasteiger partial charge is 0.485 e. The third-order valence-corrected chi connectivity index (χ3v) is 3.55. The van der Waals surface area contributed by atoms with Crippen molar-refractivity contribution < 1.29 is 9.15 Å². The standard InChI is InChI=1S/C18H25NO2/c1-5-19-11-15-10-16(21-14(15)4)12-20-18-9-7-6-8-17(18)13(2)3/h6-10,13,19H,5,11-12H2,1-4H3. The summed E-state index contributed by atoms with van der Waals surface area (Å²) in [4.78, 5) is 0. The Bertz CT molecular complexity index is 572. The van der Waals surface area contributed by atoms with Crippen molar-refractivity contribution in [3.05, 3.63) is 53.0 Å². The van der Waals surface area contributed by atoms with Crippen molar-refractivity contribution in [1.29, 1.82) is 0 Å². The average molecular weight is 287 g/mol. The van der Waals surface area contributed by atoms with E-state index in [0.717, 1.165) is 30.4 Å². The number of rotatable bonds is 7. The summed E-state index contributed by atoms with van der Waals surface area (Å²) in [6.45, 7) is 10.7. The van der Waals surface area contributed by atoms with Gasteiger partial charge in [0.2, 0.25) is 0 Å². The van der Waals surface area contributed by atoms with Crippen LogP contribution in [0.15, 0.2) is 34.7 Å².